The second-order valence-corrected chi connectivity index (χ2v) is 6.94. The Bertz CT molecular complexity index is 762. The van der Waals surface area contributed by atoms with Crippen molar-refractivity contribution in [2.45, 2.75) is 45.6 Å². The van der Waals surface area contributed by atoms with Crippen molar-refractivity contribution in [3.63, 3.8) is 0 Å². The number of aryl methyl sites for hydroxylation is 1. The second-order valence-electron chi connectivity index (χ2n) is 6.94. The number of halogens is 2. The fourth-order valence-electron chi connectivity index (χ4n) is 3.14. The van der Waals surface area contributed by atoms with Gasteiger partial charge in [0.15, 0.2) is 0 Å². The zero-order valence-electron chi connectivity index (χ0n) is 15.6. The van der Waals surface area contributed by atoms with Crippen molar-refractivity contribution in [3.8, 4) is 11.4 Å². The van der Waals surface area contributed by atoms with Crippen molar-refractivity contribution in [3.05, 3.63) is 35.5 Å². The van der Waals surface area contributed by atoms with Crippen LogP contribution in [-0.4, -0.2) is 29.1 Å². The first-order chi connectivity index (χ1) is 12.5. The van der Waals surface area contributed by atoms with Gasteiger partial charge < -0.3 is 15.2 Å². The van der Waals surface area contributed by atoms with E-state index in [1.54, 1.807) is 26.0 Å². The van der Waals surface area contributed by atoms with Crippen LogP contribution in [-0.2, 0) is 4.79 Å². The first-order valence-electron chi connectivity index (χ1n) is 9.13. The Kier molecular flexibility index (Phi) is 7.74. The van der Waals surface area contributed by atoms with Crippen LogP contribution in [0.5, 0.6) is 0 Å². The van der Waals surface area contributed by atoms with E-state index in [1.807, 2.05) is 0 Å². The van der Waals surface area contributed by atoms with Crippen molar-refractivity contribution in [2.75, 3.05) is 13.1 Å². The zero-order valence-corrected chi connectivity index (χ0v) is 16.4. The highest BCUT2D eigenvalue weighted by atomic mass is 35.5. The standard InChI is InChI=1S/C19H25FN4O2.ClH/c1-12-3-5-15(11-16(12)20)18-23-19(26-24-18)13(2)22-17(25)6-4-14-7-9-21-10-8-14;/h3,5,11,13-14,21H,4,6-10H2,1-2H3,(H,22,25);1H. The number of hydrogen-bond donors (Lipinski definition) is 2. The summed E-state index contributed by atoms with van der Waals surface area (Å²) in [5.74, 6) is 0.917. The first-order valence-corrected chi connectivity index (χ1v) is 9.13. The molecule has 148 valence electrons. The molecule has 2 heterocycles. The van der Waals surface area contributed by atoms with E-state index in [2.05, 4.69) is 20.8 Å². The van der Waals surface area contributed by atoms with Gasteiger partial charge in [-0.05, 0) is 63.7 Å². The van der Waals surface area contributed by atoms with Crippen molar-refractivity contribution in [2.24, 2.45) is 5.92 Å². The lowest BCUT2D eigenvalue weighted by atomic mass is 9.93. The molecule has 1 unspecified atom stereocenters. The van der Waals surface area contributed by atoms with E-state index >= 15 is 0 Å². The van der Waals surface area contributed by atoms with Gasteiger partial charge in [0.1, 0.15) is 11.9 Å². The number of nitrogens with one attached hydrogen (secondary N) is 2. The minimum Gasteiger partial charge on any atom is -0.345 e. The van der Waals surface area contributed by atoms with Gasteiger partial charge in [-0.3, -0.25) is 4.79 Å². The molecule has 0 spiro atoms. The maximum absolute atomic E-state index is 13.7. The van der Waals surface area contributed by atoms with Gasteiger partial charge in [-0.1, -0.05) is 17.3 Å². The molecule has 0 radical (unpaired) electrons. The van der Waals surface area contributed by atoms with Crippen LogP contribution in [0, 0.1) is 18.7 Å². The molecule has 1 aliphatic heterocycles. The molecule has 6 nitrogen and oxygen atoms in total. The summed E-state index contributed by atoms with van der Waals surface area (Å²) in [4.78, 5) is 16.4. The van der Waals surface area contributed by atoms with Gasteiger partial charge in [0.25, 0.3) is 0 Å². The van der Waals surface area contributed by atoms with Gasteiger partial charge in [-0.2, -0.15) is 4.98 Å². The van der Waals surface area contributed by atoms with Crippen LogP contribution in [0.4, 0.5) is 4.39 Å². The highest BCUT2D eigenvalue weighted by Gasteiger charge is 2.19. The van der Waals surface area contributed by atoms with E-state index in [-0.39, 0.29) is 30.2 Å². The number of carbonyl (C=O) groups is 1. The Hall–Kier alpha value is -1.99. The normalized spacial score (nSPS) is 15.8. The molecule has 1 saturated heterocycles. The molecule has 1 aromatic heterocycles. The minimum absolute atomic E-state index is 0. The van der Waals surface area contributed by atoms with Crippen molar-refractivity contribution in [1.82, 2.24) is 20.8 Å². The second kappa shape index (κ2) is 9.80. The number of amides is 1. The SMILES string of the molecule is Cc1ccc(-c2noc(C(C)NC(=O)CCC3CCNCC3)n2)cc1F.Cl. The number of rotatable bonds is 6. The Morgan fingerprint density at radius 2 is 2.15 bits per heavy atom. The average Bonchev–Trinajstić information content (AvgIpc) is 3.13. The largest absolute Gasteiger partial charge is 0.345 e. The van der Waals surface area contributed by atoms with Crippen LogP contribution >= 0.6 is 12.4 Å². The molecule has 1 aliphatic rings. The van der Waals surface area contributed by atoms with Crippen molar-refractivity contribution >= 4 is 18.3 Å². The van der Waals surface area contributed by atoms with E-state index in [0.717, 1.165) is 32.4 Å². The fourth-order valence-corrected chi connectivity index (χ4v) is 3.14. The molecule has 1 atom stereocenters. The third kappa shape index (κ3) is 5.74. The molecule has 2 N–H and O–H groups in total. The summed E-state index contributed by atoms with van der Waals surface area (Å²) < 4.78 is 18.9. The van der Waals surface area contributed by atoms with Gasteiger partial charge in [0.2, 0.25) is 17.6 Å². The van der Waals surface area contributed by atoms with Crippen LogP contribution in [0.1, 0.15) is 50.1 Å². The van der Waals surface area contributed by atoms with E-state index in [0.29, 0.717) is 35.2 Å². The molecule has 0 bridgehead atoms. The van der Waals surface area contributed by atoms with Crippen LogP contribution in [0.2, 0.25) is 0 Å². The summed E-state index contributed by atoms with van der Waals surface area (Å²) in [5, 5.41) is 10.1. The molecule has 0 aliphatic carbocycles. The Balaban J connectivity index is 0.00000261. The van der Waals surface area contributed by atoms with Gasteiger partial charge in [0.05, 0.1) is 0 Å². The summed E-state index contributed by atoms with van der Waals surface area (Å²) in [6.07, 6.45) is 3.66. The molecule has 1 fully saturated rings. The molecular weight excluding hydrogens is 371 g/mol. The molecule has 1 aromatic carbocycles. The average molecular weight is 397 g/mol. The Morgan fingerprint density at radius 3 is 2.85 bits per heavy atom. The predicted molar refractivity (Wildman–Crippen MR) is 103 cm³/mol. The van der Waals surface area contributed by atoms with E-state index < -0.39 is 0 Å². The first kappa shape index (κ1) is 21.3. The minimum atomic E-state index is -0.382. The molecule has 0 saturated carbocycles. The maximum Gasteiger partial charge on any atom is 0.249 e. The summed E-state index contributed by atoms with van der Waals surface area (Å²) in [7, 11) is 0. The summed E-state index contributed by atoms with van der Waals surface area (Å²) in [6, 6.07) is 4.42. The third-order valence-corrected chi connectivity index (χ3v) is 4.86. The van der Waals surface area contributed by atoms with Gasteiger partial charge >= 0.3 is 0 Å². The molecule has 8 heteroatoms. The molecule has 1 amide bonds. The monoisotopic (exact) mass is 396 g/mol. The highest BCUT2D eigenvalue weighted by Crippen LogP contribution is 2.22. The number of nitrogens with zero attached hydrogens (tertiary/aromatic N) is 2. The van der Waals surface area contributed by atoms with Crippen LogP contribution in [0.25, 0.3) is 11.4 Å². The quantitative estimate of drug-likeness (QED) is 0.780. The topological polar surface area (TPSA) is 80.0 Å². The zero-order chi connectivity index (χ0) is 18.5. The summed E-state index contributed by atoms with van der Waals surface area (Å²) in [6.45, 7) is 5.57. The van der Waals surface area contributed by atoms with Crippen molar-refractivity contribution in [1.29, 1.82) is 0 Å². The molecular formula is C19H26ClFN4O2. The molecule has 3 rings (SSSR count). The van der Waals surface area contributed by atoms with E-state index in [9.17, 15) is 9.18 Å². The van der Waals surface area contributed by atoms with Gasteiger partial charge in [0, 0.05) is 12.0 Å². The third-order valence-electron chi connectivity index (χ3n) is 4.86. The maximum atomic E-state index is 13.7. The Morgan fingerprint density at radius 1 is 1.41 bits per heavy atom. The van der Waals surface area contributed by atoms with E-state index in [4.69, 9.17) is 4.52 Å². The number of piperidine rings is 1. The highest BCUT2D eigenvalue weighted by molar-refractivity contribution is 5.85. The molecule has 2 aromatic rings. The van der Waals surface area contributed by atoms with Crippen LogP contribution < -0.4 is 10.6 Å². The fraction of sp³-hybridized carbons (Fsp3) is 0.526. The van der Waals surface area contributed by atoms with Crippen LogP contribution in [0.3, 0.4) is 0 Å². The summed E-state index contributed by atoms with van der Waals surface area (Å²) >= 11 is 0. The van der Waals surface area contributed by atoms with Crippen LogP contribution in [0.15, 0.2) is 22.7 Å². The van der Waals surface area contributed by atoms with Gasteiger partial charge in [-0.25, -0.2) is 4.39 Å². The number of benzene rings is 1. The lowest BCUT2D eigenvalue weighted by Gasteiger charge is -2.22. The number of carbonyl (C=O) groups excluding carboxylic acids is 1. The number of hydrogen-bond acceptors (Lipinski definition) is 5. The predicted octanol–water partition coefficient (Wildman–Crippen LogP) is 3.56. The Labute approximate surface area is 164 Å². The number of aromatic nitrogens is 2. The summed E-state index contributed by atoms with van der Waals surface area (Å²) in [5.41, 5.74) is 1.11. The molecule has 27 heavy (non-hydrogen) atoms. The van der Waals surface area contributed by atoms with Crippen molar-refractivity contribution < 1.29 is 13.7 Å². The van der Waals surface area contributed by atoms with E-state index in [1.165, 1.54) is 6.07 Å². The van der Waals surface area contributed by atoms with Gasteiger partial charge in [-0.15, -0.1) is 12.4 Å². The smallest absolute Gasteiger partial charge is 0.249 e. The lowest BCUT2D eigenvalue weighted by Crippen LogP contribution is -2.30. The lowest BCUT2D eigenvalue weighted by molar-refractivity contribution is -0.122.